The molecule has 4 heterocycles. The third-order valence-electron chi connectivity index (χ3n) is 6.69. The Balaban J connectivity index is 1.53. The van der Waals surface area contributed by atoms with Crippen molar-refractivity contribution in [2.24, 2.45) is 0 Å². The quantitative estimate of drug-likeness (QED) is 0.666. The van der Waals surface area contributed by atoms with Crippen molar-refractivity contribution in [3.05, 3.63) is 59.2 Å². The monoisotopic (exact) mass is 444 g/mol. The van der Waals surface area contributed by atoms with Gasteiger partial charge in [0.05, 0.1) is 29.4 Å². The van der Waals surface area contributed by atoms with Gasteiger partial charge in [-0.3, -0.25) is 14.6 Å². The molecule has 2 aliphatic rings. The van der Waals surface area contributed by atoms with Crippen molar-refractivity contribution in [3.8, 4) is 0 Å². The standard InChI is InChI=1S/C25H28N6O2/c1-16(32)30-14-11-18-20(15-30)28-24(29-23(18)26-2)21-10-3-4-13-31(21)25(33)19-9-5-7-17-8-6-12-27-22(17)19/h5-9,12,21H,3-4,10-11,13-15H2,1-2H3,(H,26,28,29). The second-order valence-corrected chi connectivity index (χ2v) is 8.69. The number of para-hydroxylation sites is 1. The molecule has 1 N–H and O–H groups in total. The van der Waals surface area contributed by atoms with E-state index < -0.39 is 0 Å². The molecule has 1 atom stereocenters. The number of rotatable bonds is 3. The number of fused-ring (bicyclic) bond motifs is 2. The number of anilines is 1. The molecule has 5 rings (SSSR count). The molecule has 0 aliphatic carbocycles. The van der Waals surface area contributed by atoms with Gasteiger partial charge in [-0.25, -0.2) is 9.97 Å². The van der Waals surface area contributed by atoms with Gasteiger partial charge in [-0.1, -0.05) is 18.2 Å². The summed E-state index contributed by atoms with van der Waals surface area (Å²) in [6.45, 7) is 3.39. The van der Waals surface area contributed by atoms with Gasteiger partial charge in [-0.15, -0.1) is 0 Å². The topological polar surface area (TPSA) is 91.3 Å². The van der Waals surface area contributed by atoms with E-state index in [9.17, 15) is 9.59 Å². The second-order valence-electron chi connectivity index (χ2n) is 8.69. The molecule has 0 saturated carbocycles. The lowest BCUT2D eigenvalue weighted by Crippen LogP contribution is -2.40. The third-order valence-corrected chi connectivity index (χ3v) is 6.69. The predicted molar refractivity (Wildman–Crippen MR) is 126 cm³/mol. The Kier molecular flexibility index (Phi) is 5.66. The largest absolute Gasteiger partial charge is 0.373 e. The maximum absolute atomic E-state index is 13.7. The van der Waals surface area contributed by atoms with Crippen LogP contribution in [0.1, 0.15) is 59.7 Å². The number of amides is 2. The highest BCUT2D eigenvalue weighted by atomic mass is 16.2. The lowest BCUT2D eigenvalue weighted by atomic mass is 9.98. The number of piperidine rings is 1. The number of aromatic nitrogens is 3. The van der Waals surface area contributed by atoms with Crippen molar-refractivity contribution in [2.75, 3.05) is 25.5 Å². The van der Waals surface area contributed by atoms with Gasteiger partial charge in [-0.05, 0) is 37.8 Å². The van der Waals surface area contributed by atoms with Gasteiger partial charge in [0, 0.05) is 44.2 Å². The van der Waals surface area contributed by atoms with E-state index in [1.54, 1.807) is 13.1 Å². The van der Waals surface area contributed by atoms with Gasteiger partial charge >= 0.3 is 0 Å². The van der Waals surface area contributed by atoms with E-state index in [1.807, 2.05) is 47.2 Å². The molecule has 0 bridgehead atoms. The Morgan fingerprint density at radius 3 is 2.76 bits per heavy atom. The molecule has 8 nitrogen and oxygen atoms in total. The number of carbonyl (C=O) groups excluding carboxylic acids is 2. The normalized spacial score (nSPS) is 18.2. The fraction of sp³-hybridized carbons (Fsp3) is 0.400. The number of pyridine rings is 1. The summed E-state index contributed by atoms with van der Waals surface area (Å²) in [6.07, 6.45) is 5.21. The lowest BCUT2D eigenvalue weighted by Gasteiger charge is -2.36. The Hall–Kier alpha value is -3.55. The Bertz CT molecular complexity index is 1220. The van der Waals surface area contributed by atoms with Crippen molar-refractivity contribution < 1.29 is 9.59 Å². The van der Waals surface area contributed by atoms with E-state index in [2.05, 4.69) is 10.3 Å². The van der Waals surface area contributed by atoms with Crippen LogP contribution in [0.2, 0.25) is 0 Å². The van der Waals surface area contributed by atoms with Crippen LogP contribution in [0.5, 0.6) is 0 Å². The molecule has 0 radical (unpaired) electrons. The Labute approximate surface area is 193 Å². The molecule has 1 unspecified atom stereocenters. The molecule has 8 heteroatoms. The summed E-state index contributed by atoms with van der Waals surface area (Å²) in [6, 6.07) is 9.36. The molecule has 170 valence electrons. The van der Waals surface area contributed by atoms with Crippen LogP contribution in [-0.2, 0) is 17.8 Å². The van der Waals surface area contributed by atoms with Crippen LogP contribution in [0.15, 0.2) is 36.5 Å². The maximum Gasteiger partial charge on any atom is 0.256 e. The molecule has 3 aromatic rings. The second kappa shape index (κ2) is 8.77. The average molecular weight is 445 g/mol. The van der Waals surface area contributed by atoms with Gasteiger partial charge < -0.3 is 15.1 Å². The molecule has 2 aliphatic heterocycles. The molecule has 33 heavy (non-hydrogen) atoms. The van der Waals surface area contributed by atoms with Crippen LogP contribution >= 0.6 is 0 Å². The number of likely N-dealkylation sites (tertiary alicyclic amines) is 1. The van der Waals surface area contributed by atoms with Crippen LogP contribution in [0.4, 0.5) is 5.82 Å². The molecule has 1 saturated heterocycles. The fourth-order valence-corrected chi connectivity index (χ4v) is 4.95. The van der Waals surface area contributed by atoms with Gasteiger partial charge in [-0.2, -0.15) is 0 Å². The highest BCUT2D eigenvalue weighted by Crippen LogP contribution is 2.34. The summed E-state index contributed by atoms with van der Waals surface area (Å²) < 4.78 is 0. The summed E-state index contributed by atoms with van der Waals surface area (Å²) in [5.74, 6) is 1.44. The van der Waals surface area contributed by atoms with E-state index in [4.69, 9.17) is 9.97 Å². The summed E-state index contributed by atoms with van der Waals surface area (Å²) in [5, 5.41) is 4.16. The summed E-state index contributed by atoms with van der Waals surface area (Å²) in [7, 11) is 1.86. The molecule has 2 aromatic heterocycles. The zero-order valence-corrected chi connectivity index (χ0v) is 19.0. The van der Waals surface area contributed by atoms with Crippen LogP contribution in [0.3, 0.4) is 0 Å². The summed E-state index contributed by atoms with van der Waals surface area (Å²) >= 11 is 0. The zero-order valence-electron chi connectivity index (χ0n) is 19.0. The Morgan fingerprint density at radius 2 is 1.94 bits per heavy atom. The summed E-state index contributed by atoms with van der Waals surface area (Å²) in [4.78, 5) is 43.7. The van der Waals surface area contributed by atoms with Crippen LogP contribution in [0.25, 0.3) is 10.9 Å². The van der Waals surface area contributed by atoms with Gasteiger partial charge in [0.25, 0.3) is 5.91 Å². The number of nitrogens with one attached hydrogen (secondary N) is 1. The first-order chi connectivity index (χ1) is 16.1. The van der Waals surface area contributed by atoms with Gasteiger partial charge in [0.2, 0.25) is 5.91 Å². The van der Waals surface area contributed by atoms with Crippen molar-refractivity contribution in [1.82, 2.24) is 24.8 Å². The smallest absolute Gasteiger partial charge is 0.256 e. The third kappa shape index (κ3) is 3.90. The maximum atomic E-state index is 13.7. The van der Waals surface area contributed by atoms with Gasteiger partial charge in [0.15, 0.2) is 5.82 Å². The Morgan fingerprint density at radius 1 is 1.09 bits per heavy atom. The first-order valence-corrected chi connectivity index (χ1v) is 11.5. The minimum Gasteiger partial charge on any atom is -0.373 e. The summed E-state index contributed by atoms with van der Waals surface area (Å²) in [5.41, 5.74) is 3.25. The molecule has 0 spiro atoms. The fourth-order valence-electron chi connectivity index (χ4n) is 4.95. The van der Waals surface area contributed by atoms with Crippen molar-refractivity contribution in [1.29, 1.82) is 0 Å². The highest BCUT2D eigenvalue weighted by molar-refractivity contribution is 6.05. The SMILES string of the molecule is CNc1nc(C2CCCCN2C(=O)c2cccc3cccnc23)nc2c1CCN(C(C)=O)C2. The molecule has 1 fully saturated rings. The van der Waals surface area contributed by atoms with E-state index in [0.717, 1.165) is 48.1 Å². The predicted octanol–water partition coefficient (Wildman–Crippen LogP) is 3.34. The first kappa shape index (κ1) is 21.3. The molecular formula is C25H28N6O2. The number of nitrogens with zero attached hydrogens (tertiary/aromatic N) is 5. The van der Waals surface area contributed by atoms with Crippen molar-refractivity contribution >= 4 is 28.5 Å². The lowest BCUT2D eigenvalue weighted by molar-refractivity contribution is -0.129. The van der Waals surface area contributed by atoms with Crippen LogP contribution < -0.4 is 5.32 Å². The van der Waals surface area contributed by atoms with E-state index >= 15 is 0 Å². The number of hydrogen-bond donors (Lipinski definition) is 1. The van der Waals surface area contributed by atoms with E-state index in [-0.39, 0.29) is 17.9 Å². The van der Waals surface area contributed by atoms with E-state index in [1.165, 1.54) is 0 Å². The molecule has 1 aromatic carbocycles. The minimum atomic E-state index is -0.213. The zero-order chi connectivity index (χ0) is 22.9. The average Bonchev–Trinajstić information content (AvgIpc) is 2.86. The van der Waals surface area contributed by atoms with Gasteiger partial charge in [0.1, 0.15) is 5.82 Å². The molecular weight excluding hydrogens is 416 g/mol. The van der Waals surface area contributed by atoms with Crippen molar-refractivity contribution in [2.45, 2.75) is 45.2 Å². The first-order valence-electron chi connectivity index (χ1n) is 11.5. The number of carbonyl (C=O) groups is 2. The minimum absolute atomic E-state index is 0.0401. The van der Waals surface area contributed by atoms with Crippen LogP contribution in [0, 0.1) is 0 Å². The number of hydrogen-bond acceptors (Lipinski definition) is 6. The van der Waals surface area contributed by atoms with E-state index in [0.29, 0.717) is 36.5 Å². The molecule has 2 amide bonds. The van der Waals surface area contributed by atoms with Crippen LogP contribution in [-0.4, -0.2) is 56.7 Å². The van der Waals surface area contributed by atoms with Crippen molar-refractivity contribution in [3.63, 3.8) is 0 Å². The number of benzene rings is 1. The highest BCUT2D eigenvalue weighted by Gasteiger charge is 2.33.